The van der Waals surface area contributed by atoms with Crippen molar-refractivity contribution in [1.82, 2.24) is 0 Å². The van der Waals surface area contributed by atoms with E-state index in [4.69, 9.17) is 9.90 Å². The molecule has 2 rings (SSSR count). The smallest absolute Gasteiger partial charge is 0.290 e. The lowest BCUT2D eigenvalue weighted by Gasteiger charge is -2.47. The number of hydrogen-bond acceptors (Lipinski definition) is 1. The molecule has 0 spiro atoms. The standard InChI is InChI=1S/C14H20.CH2O2/c1-3-14(4-2)10-13(11-14)12-8-6-5-7-9-12;2-1-3/h5-9,13H,3-4,10-11H2,1-2H3;1H,(H,2,3). The molecule has 2 heteroatoms. The van der Waals surface area contributed by atoms with Crippen LogP contribution in [0, 0.1) is 5.41 Å². The maximum Gasteiger partial charge on any atom is 0.290 e. The van der Waals surface area contributed by atoms with Gasteiger partial charge in [0.25, 0.3) is 6.47 Å². The van der Waals surface area contributed by atoms with Crippen LogP contribution in [-0.4, -0.2) is 11.6 Å². The van der Waals surface area contributed by atoms with Crippen LogP contribution in [0.4, 0.5) is 0 Å². The van der Waals surface area contributed by atoms with E-state index in [1.807, 2.05) is 0 Å². The molecule has 0 radical (unpaired) electrons. The lowest BCUT2D eigenvalue weighted by molar-refractivity contribution is -0.122. The average molecular weight is 234 g/mol. The molecule has 0 aliphatic heterocycles. The topological polar surface area (TPSA) is 37.3 Å². The van der Waals surface area contributed by atoms with Crippen molar-refractivity contribution in [3.63, 3.8) is 0 Å². The van der Waals surface area contributed by atoms with Gasteiger partial charge in [0.05, 0.1) is 0 Å². The number of hydrogen-bond donors (Lipinski definition) is 1. The molecule has 1 fully saturated rings. The molecule has 1 saturated carbocycles. The van der Waals surface area contributed by atoms with Gasteiger partial charge in [-0.1, -0.05) is 57.0 Å². The zero-order valence-corrected chi connectivity index (χ0v) is 10.7. The molecule has 0 unspecified atom stereocenters. The monoisotopic (exact) mass is 234 g/mol. The molecule has 0 heterocycles. The molecule has 17 heavy (non-hydrogen) atoms. The molecule has 2 nitrogen and oxygen atoms in total. The Morgan fingerprint density at radius 1 is 1.24 bits per heavy atom. The highest BCUT2D eigenvalue weighted by Crippen LogP contribution is 2.54. The Hall–Kier alpha value is -1.31. The molecule has 1 N–H and O–H groups in total. The summed E-state index contributed by atoms with van der Waals surface area (Å²) in [5, 5.41) is 6.89. The van der Waals surface area contributed by atoms with E-state index in [-0.39, 0.29) is 6.47 Å². The zero-order chi connectivity index (χ0) is 12.7. The maximum atomic E-state index is 8.36. The van der Waals surface area contributed by atoms with Crippen LogP contribution in [0.15, 0.2) is 30.3 Å². The van der Waals surface area contributed by atoms with Gasteiger partial charge in [-0.15, -0.1) is 0 Å². The minimum absolute atomic E-state index is 0.250. The Morgan fingerprint density at radius 3 is 2.12 bits per heavy atom. The van der Waals surface area contributed by atoms with Gasteiger partial charge < -0.3 is 5.11 Å². The third kappa shape index (κ3) is 3.32. The first kappa shape index (κ1) is 13.8. The summed E-state index contributed by atoms with van der Waals surface area (Å²) < 4.78 is 0. The molecule has 1 aromatic rings. The van der Waals surface area contributed by atoms with E-state index < -0.39 is 0 Å². The van der Waals surface area contributed by atoms with Crippen LogP contribution >= 0.6 is 0 Å². The van der Waals surface area contributed by atoms with E-state index in [0.29, 0.717) is 5.41 Å². The van der Waals surface area contributed by atoms with Gasteiger partial charge >= 0.3 is 0 Å². The van der Waals surface area contributed by atoms with E-state index in [1.54, 1.807) is 5.56 Å². The molecule has 1 aliphatic carbocycles. The third-order valence-electron chi connectivity index (χ3n) is 4.13. The first-order valence-corrected chi connectivity index (χ1v) is 6.34. The molecule has 0 bridgehead atoms. The fourth-order valence-corrected chi connectivity index (χ4v) is 2.77. The quantitative estimate of drug-likeness (QED) is 0.800. The molecule has 1 aliphatic rings. The van der Waals surface area contributed by atoms with E-state index >= 15 is 0 Å². The molecule has 0 amide bonds. The average Bonchev–Trinajstić information content (AvgIpc) is 2.31. The lowest BCUT2D eigenvalue weighted by Crippen LogP contribution is -2.34. The zero-order valence-electron chi connectivity index (χ0n) is 10.7. The highest BCUT2D eigenvalue weighted by atomic mass is 16.3. The van der Waals surface area contributed by atoms with E-state index in [1.165, 1.54) is 25.7 Å². The van der Waals surface area contributed by atoms with E-state index in [2.05, 4.69) is 44.2 Å². The van der Waals surface area contributed by atoms with Crippen LogP contribution in [0.2, 0.25) is 0 Å². The third-order valence-corrected chi connectivity index (χ3v) is 4.13. The van der Waals surface area contributed by atoms with Crippen molar-refractivity contribution in [2.24, 2.45) is 5.41 Å². The van der Waals surface area contributed by atoms with Gasteiger partial charge in [-0.05, 0) is 29.7 Å². The van der Waals surface area contributed by atoms with Gasteiger partial charge in [-0.3, -0.25) is 4.79 Å². The predicted molar refractivity (Wildman–Crippen MR) is 70.1 cm³/mol. The summed E-state index contributed by atoms with van der Waals surface area (Å²) >= 11 is 0. The Kier molecular flexibility index (Phi) is 5.20. The molecule has 1 aromatic carbocycles. The Morgan fingerprint density at radius 2 is 1.71 bits per heavy atom. The summed E-state index contributed by atoms with van der Waals surface area (Å²) in [5.74, 6) is 0.844. The van der Waals surface area contributed by atoms with Crippen LogP contribution in [0.25, 0.3) is 0 Å². The predicted octanol–water partition coefficient (Wildman–Crippen LogP) is 4.07. The van der Waals surface area contributed by atoms with Crippen molar-refractivity contribution >= 4 is 6.47 Å². The second-order valence-corrected chi connectivity index (χ2v) is 4.83. The summed E-state index contributed by atoms with van der Waals surface area (Å²) in [4.78, 5) is 8.36. The summed E-state index contributed by atoms with van der Waals surface area (Å²) in [6.45, 7) is 4.43. The maximum absolute atomic E-state index is 8.36. The van der Waals surface area contributed by atoms with Gasteiger partial charge in [-0.25, -0.2) is 0 Å². The van der Waals surface area contributed by atoms with Crippen molar-refractivity contribution in [1.29, 1.82) is 0 Å². The highest BCUT2D eigenvalue weighted by Gasteiger charge is 2.41. The fraction of sp³-hybridized carbons (Fsp3) is 0.533. The SMILES string of the molecule is CCC1(CC)CC(c2ccccc2)C1.O=CO. The molecule has 0 atom stereocenters. The Bertz CT molecular complexity index is 320. The molecular formula is C15H22O2. The normalized spacial score (nSPS) is 17.5. The van der Waals surface area contributed by atoms with Crippen molar-refractivity contribution < 1.29 is 9.90 Å². The Labute approximate surface area is 104 Å². The molecule has 0 saturated heterocycles. The molecule has 0 aromatic heterocycles. The number of carboxylic acid groups (broad SMARTS) is 1. The number of benzene rings is 1. The molecular weight excluding hydrogens is 212 g/mol. The van der Waals surface area contributed by atoms with Gasteiger partial charge in [-0.2, -0.15) is 0 Å². The summed E-state index contributed by atoms with van der Waals surface area (Å²) in [6, 6.07) is 11.0. The fourth-order valence-electron chi connectivity index (χ4n) is 2.77. The van der Waals surface area contributed by atoms with Crippen molar-refractivity contribution in [3.8, 4) is 0 Å². The van der Waals surface area contributed by atoms with Crippen LogP contribution in [-0.2, 0) is 4.79 Å². The minimum Gasteiger partial charge on any atom is -0.483 e. The van der Waals surface area contributed by atoms with Crippen LogP contribution in [0.1, 0.15) is 51.0 Å². The van der Waals surface area contributed by atoms with Crippen LogP contribution < -0.4 is 0 Å². The van der Waals surface area contributed by atoms with Crippen LogP contribution in [0.3, 0.4) is 0 Å². The summed E-state index contributed by atoms with van der Waals surface area (Å²) in [6.07, 6.45) is 5.52. The van der Waals surface area contributed by atoms with Crippen molar-refractivity contribution in [2.45, 2.75) is 45.4 Å². The van der Waals surface area contributed by atoms with Crippen LogP contribution in [0.5, 0.6) is 0 Å². The van der Waals surface area contributed by atoms with Crippen molar-refractivity contribution in [3.05, 3.63) is 35.9 Å². The Balaban J connectivity index is 0.000000437. The number of carbonyl (C=O) groups is 1. The lowest BCUT2D eigenvalue weighted by atomic mass is 9.57. The first-order valence-electron chi connectivity index (χ1n) is 6.34. The highest BCUT2D eigenvalue weighted by molar-refractivity contribution is 5.32. The summed E-state index contributed by atoms with van der Waals surface area (Å²) in [5.41, 5.74) is 2.23. The van der Waals surface area contributed by atoms with Gasteiger partial charge in [0.1, 0.15) is 0 Å². The number of rotatable bonds is 3. The van der Waals surface area contributed by atoms with Gasteiger partial charge in [0, 0.05) is 0 Å². The van der Waals surface area contributed by atoms with Gasteiger partial charge in [0.15, 0.2) is 0 Å². The summed E-state index contributed by atoms with van der Waals surface area (Å²) in [7, 11) is 0. The van der Waals surface area contributed by atoms with Gasteiger partial charge in [0.2, 0.25) is 0 Å². The van der Waals surface area contributed by atoms with E-state index in [9.17, 15) is 0 Å². The largest absolute Gasteiger partial charge is 0.483 e. The first-order chi connectivity index (χ1) is 8.21. The molecule has 94 valence electrons. The second-order valence-electron chi connectivity index (χ2n) is 4.83. The second kappa shape index (κ2) is 6.43. The minimum atomic E-state index is -0.250. The van der Waals surface area contributed by atoms with Crippen molar-refractivity contribution in [2.75, 3.05) is 0 Å². The van der Waals surface area contributed by atoms with E-state index in [0.717, 1.165) is 5.92 Å².